The summed E-state index contributed by atoms with van der Waals surface area (Å²) in [6, 6.07) is -0.290. The predicted octanol–water partition coefficient (Wildman–Crippen LogP) is 0.938. The Morgan fingerprint density at radius 2 is 1.81 bits per heavy atom. The van der Waals surface area contributed by atoms with E-state index in [2.05, 4.69) is 0 Å². The van der Waals surface area contributed by atoms with Gasteiger partial charge in [-0.05, 0) is 26.8 Å². The third kappa shape index (κ3) is 8.93. The molecule has 8 heteroatoms. The van der Waals surface area contributed by atoms with E-state index in [9.17, 15) is 21.6 Å². The second-order valence-electron chi connectivity index (χ2n) is 3.90. The van der Waals surface area contributed by atoms with Crippen molar-refractivity contribution in [2.24, 2.45) is 5.14 Å². The van der Waals surface area contributed by atoms with Gasteiger partial charge in [-0.3, -0.25) is 4.90 Å². The second kappa shape index (κ2) is 5.83. The summed E-state index contributed by atoms with van der Waals surface area (Å²) in [5.74, 6) is -0.298. The molecule has 0 aliphatic heterocycles. The smallest absolute Gasteiger partial charge is 0.293 e. The minimum absolute atomic E-state index is 0.0631. The number of hydrogen-bond donors (Lipinski definition) is 1. The van der Waals surface area contributed by atoms with Crippen LogP contribution in [0.1, 0.15) is 20.3 Å². The van der Waals surface area contributed by atoms with Crippen LogP contribution in [-0.2, 0) is 10.0 Å². The van der Waals surface area contributed by atoms with Crippen molar-refractivity contribution < 1.29 is 21.6 Å². The van der Waals surface area contributed by atoms with E-state index in [4.69, 9.17) is 5.14 Å². The van der Waals surface area contributed by atoms with Crippen LogP contribution in [-0.4, -0.2) is 44.4 Å². The van der Waals surface area contributed by atoms with Gasteiger partial charge in [-0.2, -0.15) is 13.2 Å². The lowest BCUT2D eigenvalue weighted by Crippen LogP contribution is -2.40. The molecule has 0 bridgehead atoms. The number of sulfonamides is 1. The van der Waals surface area contributed by atoms with E-state index in [1.807, 2.05) is 0 Å². The van der Waals surface area contributed by atoms with Crippen molar-refractivity contribution in [3.8, 4) is 0 Å². The minimum Gasteiger partial charge on any atom is -0.293 e. The molecule has 0 aromatic heterocycles. The van der Waals surface area contributed by atoms with Crippen LogP contribution in [0.25, 0.3) is 0 Å². The fraction of sp³-hybridized carbons (Fsp3) is 1.00. The summed E-state index contributed by atoms with van der Waals surface area (Å²) in [6.45, 7) is 2.29. The van der Waals surface area contributed by atoms with Crippen LogP contribution in [0.4, 0.5) is 13.2 Å². The molecule has 0 aromatic carbocycles. The average Bonchev–Trinajstić information content (AvgIpc) is 1.97. The molecule has 0 unspecified atom stereocenters. The van der Waals surface area contributed by atoms with Gasteiger partial charge >= 0.3 is 6.18 Å². The Balaban J connectivity index is 4.16. The third-order valence-corrected chi connectivity index (χ3v) is 2.84. The molecule has 0 aliphatic rings. The number of nitrogens with zero attached hydrogens (tertiary/aromatic N) is 1. The summed E-state index contributed by atoms with van der Waals surface area (Å²) < 4.78 is 57.6. The van der Waals surface area contributed by atoms with Gasteiger partial charge < -0.3 is 0 Å². The first-order chi connectivity index (χ1) is 7.01. The summed E-state index contributed by atoms with van der Waals surface area (Å²) in [4.78, 5) is 1.17. The maximum absolute atomic E-state index is 12.1. The van der Waals surface area contributed by atoms with Crippen molar-refractivity contribution in [1.29, 1.82) is 0 Å². The monoisotopic (exact) mass is 262 g/mol. The third-order valence-electron chi connectivity index (χ3n) is 1.99. The quantitative estimate of drug-likeness (QED) is 0.774. The zero-order valence-corrected chi connectivity index (χ0v) is 10.1. The maximum Gasteiger partial charge on any atom is 0.401 e. The zero-order valence-electron chi connectivity index (χ0n) is 9.29. The van der Waals surface area contributed by atoms with E-state index in [1.165, 1.54) is 4.90 Å². The van der Waals surface area contributed by atoms with Gasteiger partial charge in [-0.15, -0.1) is 0 Å². The van der Waals surface area contributed by atoms with Crippen LogP contribution in [0.3, 0.4) is 0 Å². The molecule has 0 saturated heterocycles. The highest BCUT2D eigenvalue weighted by molar-refractivity contribution is 7.89. The van der Waals surface area contributed by atoms with Crippen LogP contribution >= 0.6 is 0 Å². The summed E-state index contributed by atoms with van der Waals surface area (Å²) in [5, 5.41) is 4.76. The van der Waals surface area contributed by atoms with E-state index in [0.29, 0.717) is 0 Å². The molecule has 0 spiro atoms. The van der Waals surface area contributed by atoms with Gasteiger partial charge in [0.15, 0.2) is 0 Å². The van der Waals surface area contributed by atoms with E-state index >= 15 is 0 Å². The summed E-state index contributed by atoms with van der Waals surface area (Å²) in [5.41, 5.74) is 0. The topological polar surface area (TPSA) is 63.4 Å². The van der Waals surface area contributed by atoms with Crippen molar-refractivity contribution in [3.05, 3.63) is 0 Å². The van der Waals surface area contributed by atoms with Crippen LogP contribution < -0.4 is 5.14 Å². The first-order valence-corrected chi connectivity index (χ1v) is 6.54. The molecule has 0 radical (unpaired) electrons. The summed E-state index contributed by atoms with van der Waals surface area (Å²) >= 11 is 0. The molecule has 0 heterocycles. The van der Waals surface area contributed by atoms with Gasteiger partial charge in [0.1, 0.15) is 0 Å². The molecular weight excluding hydrogens is 245 g/mol. The normalized spacial score (nSPS) is 13.8. The molecule has 0 atom stereocenters. The molecular formula is C8H17F3N2O2S. The van der Waals surface area contributed by atoms with Gasteiger partial charge in [0.2, 0.25) is 10.0 Å². The molecule has 0 aromatic rings. The van der Waals surface area contributed by atoms with Crippen LogP contribution in [0.5, 0.6) is 0 Å². The zero-order chi connectivity index (χ0) is 13.0. The number of primary sulfonamides is 1. The van der Waals surface area contributed by atoms with Gasteiger partial charge in [-0.1, -0.05) is 0 Å². The fourth-order valence-corrected chi connectivity index (χ4v) is 1.75. The van der Waals surface area contributed by atoms with Crippen LogP contribution in [0.2, 0.25) is 0 Å². The van der Waals surface area contributed by atoms with Gasteiger partial charge in [0.25, 0.3) is 0 Å². The highest BCUT2D eigenvalue weighted by atomic mass is 32.2. The van der Waals surface area contributed by atoms with Crippen molar-refractivity contribution in [2.45, 2.75) is 32.5 Å². The first kappa shape index (κ1) is 15.7. The highest BCUT2D eigenvalue weighted by Gasteiger charge is 2.31. The standard InChI is InChI=1S/C8H17F3N2O2S/c1-7(2)13(6-8(9,10)11)4-3-5-16(12,14)15/h7H,3-6H2,1-2H3,(H2,12,14,15). The molecule has 0 rings (SSSR count). The number of rotatable bonds is 6. The molecule has 4 nitrogen and oxygen atoms in total. The Bertz CT molecular complexity index is 301. The van der Waals surface area contributed by atoms with Gasteiger partial charge in [-0.25, -0.2) is 13.6 Å². The molecule has 0 saturated carbocycles. The summed E-state index contributed by atoms with van der Waals surface area (Å²) in [6.07, 6.45) is -4.17. The Kier molecular flexibility index (Phi) is 5.71. The molecule has 98 valence electrons. The molecule has 0 amide bonds. The van der Waals surface area contributed by atoms with Gasteiger partial charge in [0, 0.05) is 6.04 Å². The predicted molar refractivity (Wildman–Crippen MR) is 55.4 cm³/mol. The first-order valence-electron chi connectivity index (χ1n) is 4.82. The van der Waals surface area contributed by atoms with Crippen molar-refractivity contribution in [3.63, 3.8) is 0 Å². The highest BCUT2D eigenvalue weighted by Crippen LogP contribution is 2.18. The van der Waals surface area contributed by atoms with Crippen LogP contribution in [0, 0.1) is 0 Å². The lowest BCUT2D eigenvalue weighted by Gasteiger charge is -2.27. The molecule has 0 aliphatic carbocycles. The van der Waals surface area contributed by atoms with Crippen molar-refractivity contribution >= 4 is 10.0 Å². The fourth-order valence-electron chi connectivity index (χ4n) is 1.22. The minimum atomic E-state index is -4.27. The van der Waals surface area contributed by atoms with Gasteiger partial charge in [0.05, 0.1) is 12.3 Å². The van der Waals surface area contributed by atoms with Crippen molar-refractivity contribution in [1.82, 2.24) is 4.90 Å². The van der Waals surface area contributed by atoms with E-state index in [0.717, 1.165) is 0 Å². The number of halogens is 3. The molecule has 0 fully saturated rings. The maximum atomic E-state index is 12.1. The lowest BCUT2D eigenvalue weighted by atomic mass is 10.3. The Morgan fingerprint density at radius 3 is 2.12 bits per heavy atom. The Hall–Kier alpha value is -0.340. The molecule has 16 heavy (non-hydrogen) atoms. The van der Waals surface area contributed by atoms with E-state index in [1.54, 1.807) is 13.8 Å². The largest absolute Gasteiger partial charge is 0.401 e. The number of hydrogen-bond acceptors (Lipinski definition) is 3. The average molecular weight is 262 g/mol. The van der Waals surface area contributed by atoms with Crippen LogP contribution in [0.15, 0.2) is 0 Å². The second-order valence-corrected chi connectivity index (χ2v) is 5.63. The van der Waals surface area contributed by atoms with E-state index in [-0.39, 0.29) is 24.8 Å². The SMILES string of the molecule is CC(C)N(CCCS(N)(=O)=O)CC(F)(F)F. The lowest BCUT2D eigenvalue weighted by molar-refractivity contribution is -0.149. The Morgan fingerprint density at radius 1 is 1.31 bits per heavy atom. The number of alkyl halides is 3. The van der Waals surface area contributed by atoms with Crippen molar-refractivity contribution in [2.75, 3.05) is 18.8 Å². The summed E-state index contributed by atoms with van der Waals surface area (Å²) in [7, 11) is -3.60. The number of nitrogens with two attached hydrogens (primary N) is 1. The van der Waals surface area contributed by atoms with E-state index < -0.39 is 22.7 Å². The molecule has 2 N–H and O–H groups in total. The Labute approximate surface area is 93.7 Å².